The molecule has 2 heterocycles. The van der Waals surface area contributed by atoms with Gasteiger partial charge in [0.25, 0.3) is 5.91 Å². The fourth-order valence-corrected chi connectivity index (χ4v) is 2.47. The summed E-state index contributed by atoms with van der Waals surface area (Å²) in [6.45, 7) is 7.82. The molecule has 0 saturated heterocycles. The van der Waals surface area contributed by atoms with E-state index in [4.69, 9.17) is 9.26 Å². The Kier molecular flexibility index (Phi) is 5.49. The lowest BCUT2D eigenvalue weighted by molar-refractivity contribution is 0.0914. The maximum Gasteiger partial charge on any atom is 0.251 e. The van der Waals surface area contributed by atoms with Gasteiger partial charge in [0.05, 0.1) is 6.10 Å². The molecule has 0 bridgehead atoms. The molecule has 9 nitrogen and oxygen atoms in total. The van der Waals surface area contributed by atoms with Crippen LogP contribution in [-0.4, -0.2) is 37.3 Å². The average Bonchev–Trinajstić information content (AvgIpc) is 3.30. The smallest absolute Gasteiger partial charge is 0.251 e. The van der Waals surface area contributed by atoms with Gasteiger partial charge in [-0.1, -0.05) is 19.0 Å². The highest BCUT2D eigenvalue weighted by molar-refractivity contribution is 5.94. The van der Waals surface area contributed by atoms with Gasteiger partial charge in [0.15, 0.2) is 5.82 Å². The Hall–Kier alpha value is -3.23. The highest BCUT2D eigenvalue weighted by Gasteiger charge is 2.26. The molecule has 0 radical (unpaired) electrons. The van der Waals surface area contributed by atoms with Gasteiger partial charge in [0, 0.05) is 5.56 Å². The first kappa shape index (κ1) is 18.6. The summed E-state index contributed by atoms with van der Waals surface area (Å²) in [6, 6.07) is 6.55. The van der Waals surface area contributed by atoms with Crippen LogP contribution in [0.15, 0.2) is 35.1 Å². The topological polar surface area (TPSA) is 119 Å². The zero-order chi connectivity index (χ0) is 19.4. The highest BCUT2D eigenvalue weighted by atomic mass is 16.5. The van der Waals surface area contributed by atoms with Crippen LogP contribution in [0.2, 0.25) is 0 Å². The molecule has 0 unspecified atom stereocenters. The Morgan fingerprint density at radius 2 is 1.93 bits per heavy atom. The largest absolute Gasteiger partial charge is 0.491 e. The fourth-order valence-electron chi connectivity index (χ4n) is 2.47. The summed E-state index contributed by atoms with van der Waals surface area (Å²) in [7, 11) is 0. The highest BCUT2D eigenvalue weighted by Crippen LogP contribution is 2.23. The van der Waals surface area contributed by atoms with E-state index >= 15 is 0 Å². The molecule has 3 aromatic rings. The van der Waals surface area contributed by atoms with Crippen LogP contribution < -0.4 is 10.1 Å². The van der Waals surface area contributed by atoms with Crippen LogP contribution in [0.1, 0.15) is 50.0 Å². The molecule has 1 atom stereocenters. The molecule has 2 N–H and O–H groups in total. The van der Waals surface area contributed by atoms with Crippen LogP contribution in [0.5, 0.6) is 5.75 Å². The van der Waals surface area contributed by atoms with Crippen LogP contribution in [0, 0.1) is 5.92 Å². The first-order chi connectivity index (χ1) is 12.9. The van der Waals surface area contributed by atoms with Gasteiger partial charge in [-0.25, -0.2) is 4.98 Å². The van der Waals surface area contributed by atoms with Gasteiger partial charge in [0.1, 0.15) is 18.1 Å². The second-order valence-corrected chi connectivity index (χ2v) is 6.68. The summed E-state index contributed by atoms with van der Waals surface area (Å²) in [5.41, 5.74) is 0.520. The number of benzene rings is 1. The van der Waals surface area contributed by atoms with Gasteiger partial charge in [-0.3, -0.25) is 9.89 Å². The van der Waals surface area contributed by atoms with Crippen molar-refractivity contribution in [3.05, 3.63) is 42.0 Å². The maximum atomic E-state index is 12.6. The summed E-state index contributed by atoms with van der Waals surface area (Å²) < 4.78 is 10.9. The average molecular weight is 370 g/mol. The number of nitrogens with one attached hydrogen (secondary N) is 2. The van der Waals surface area contributed by atoms with Crippen LogP contribution in [0.3, 0.4) is 0 Å². The fraction of sp³-hybridized carbons (Fsp3) is 0.389. The number of hydrogen-bond donors (Lipinski definition) is 2. The minimum Gasteiger partial charge on any atom is -0.491 e. The normalized spacial score (nSPS) is 12.4. The van der Waals surface area contributed by atoms with Crippen molar-refractivity contribution in [2.75, 3.05) is 0 Å². The van der Waals surface area contributed by atoms with E-state index in [0.29, 0.717) is 17.3 Å². The van der Waals surface area contributed by atoms with Crippen LogP contribution >= 0.6 is 0 Å². The minimum atomic E-state index is -0.437. The van der Waals surface area contributed by atoms with Crippen molar-refractivity contribution in [2.45, 2.75) is 39.8 Å². The standard InChI is InChI=1S/C18H22N6O3/c1-10(2)14(18-22-16(24-27-18)15-19-9-20-23-15)21-17(25)12-5-7-13(8-6-12)26-11(3)4/h5-11,14H,1-4H3,(H,21,25)(H,19,20,23)/t14-/m0/s1. The molecule has 0 aliphatic rings. The predicted molar refractivity (Wildman–Crippen MR) is 96.9 cm³/mol. The molecule has 142 valence electrons. The molecule has 0 saturated carbocycles. The van der Waals surface area contributed by atoms with Gasteiger partial charge < -0.3 is 14.6 Å². The molecule has 27 heavy (non-hydrogen) atoms. The number of nitrogens with zero attached hydrogens (tertiary/aromatic N) is 4. The number of rotatable bonds is 7. The Bertz CT molecular complexity index is 871. The van der Waals surface area contributed by atoms with Gasteiger partial charge in [-0.15, -0.1) is 0 Å². The molecular weight excluding hydrogens is 348 g/mol. The molecule has 3 rings (SSSR count). The number of H-pyrrole nitrogens is 1. The molecule has 1 amide bonds. The molecule has 0 aliphatic carbocycles. The molecule has 1 aromatic carbocycles. The van der Waals surface area contributed by atoms with Gasteiger partial charge in [-0.05, 0) is 44.0 Å². The zero-order valence-corrected chi connectivity index (χ0v) is 15.6. The predicted octanol–water partition coefficient (Wildman–Crippen LogP) is 2.77. The van der Waals surface area contributed by atoms with Crippen molar-refractivity contribution < 1.29 is 14.1 Å². The molecular formula is C18H22N6O3. The number of ether oxygens (including phenoxy) is 1. The molecule has 0 fully saturated rings. The molecule has 2 aromatic heterocycles. The van der Waals surface area contributed by atoms with E-state index in [2.05, 4.69) is 30.6 Å². The number of aromatic amines is 1. The minimum absolute atomic E-state index is 0.0422. The van der Waals surface area contributed by atoms with E-state index in [1.54, 1.807) is 24.3 Å². The lowest BCUT2D eigenvalue weighted by atomic mass is 10.0. The third-order valence-corrected chi connectivity index (χ3v) is 3.78. The first-order valence-electron chi connectivity index (χ1n) is 8.71. The Balaban J connectivity index is 1.73. The summed E-state index contributed by atoms with van der Waals surface area (Å²) in [4.78, 5) is 20.9. The lowest BCUT2D eigenvalue weighted by Crippen LogP contribution is -2.32. The van der Waals surface area contributed by atoms with Crippen LogP contribution in [-0.2, 0) is 0 Å². The maximum absolute atomic E-state index is 12.6. The van der Waals surface area contributed by atoms with E-state index < -0.39 is 6.04 Å². The van der Waals surface area contributed by atoms with E-state index in [-0.39, 0.29) is 23.8 Å². The second kappa shape index (κ2) is 7.98. The summed E-state index contributed by atoms with van der Waals surface area (Å²) >= 11 is 0. The van der Waals surface area contributed by atoms with Crippen molar-refractivity contribution in [1.82, 2.24) is 30.6 Å². The summed E-state index contributed by atoms with van der Waals surface area (Å²) in [6.07, 6.45) is 1.44. The van der Waals surface area contributed by atoms with E-state index in [1.165, 1.54) is 6.33 Å². The Morgan fingerprint density at radius 3 is 2.52 bits per heavy atom. The van der Waals surface area contributed by atoms with Crippen molar-refractivity contribution in [1.29, 1.82) is 0 Å². The van der Waals surface area contributed by atoms with E-state index in [1.807, 2.05) is 27.7 Å². The van der Waals surface area contributed by atoms with Gasteiger partial charge >= 0.3 is 0 Å². The van der Waals surface area contributed by atoms with Crippen molar-refractivity contribution in [3.8, 4) is 17.4 Å². The SMILES string of the molecule is CC(C)Oc1ccc(C(=O)N[C@H](c2nc(-c3ncn[nH]3)no2)C(C)C)cc1. The van der Waals surface area contributed by atoms with Crippen LogP contribution in [0.25, 0.3) is 11.6 Å². The zero-order valence-electron chi connectivity index (χ0n) is 15.6. The molecule has 9 heteroatoms. The molecule has 0 aliphatic heterocycles. The number of aromatic nitrogens is 5. The van der Waals surface area contributed by atoms with E-state index in [9.17, 15) is 4.79 Å². The Morgan fingerprint density at radius 1 is 1.19 bits per heavy atom. The van der Waals surface area contributed by atoms with Gasteiger partial charge in [0.2, 0.25) is 11.7 Å². The Labute approximate surface area is 156 Å². The van der Waals surface area contributed by atoms with Crippen molar-refractivity contribution in [3.63, 3.8) is 0 Å². The summed E-state index contributed by atoms with van der Waals surface area (Å²) in [5.74, 6) is 1.53. The lowest BCUT2D eigenvalue weighted by Gasteiger charge is -2.18. The third kappa shape index (κ3) is 4.49. The van der Waals surface area contributed by atoms with E-state index in [0.717, 1.165) is 5.75 Å². The van der Waals surface area contributed by atoms with Crippen molar-refractivity contribution in [2.24, 2.45) is 5.92 Å². The summed E-state index contributed by atoms with van der Waals surface area (Å²) in [5, 5.41) is 13.3. The first-order valence-corrected chi connectivity index (χ1v) is 8.71. The monoisotopic (exact) mass is 370 g/mol. The van der Waals surface area contributed by atoms with Crippen LogP contribution in [0.4, 0.5) is 0 Å². The number of carbonyl (C=O) groups is 1. The quantitative estimate of drug-likeness (QED) is 0.656. The third-order valence-electron chi connectivity index (χ3n) is 3.78. The second-order valence-electron chi connectivity index (χ2n) is 6.68. The van der Waals surface area contributed by atoms with Gasteiger partial charge in [-0.2, -0.15) is 10.1 Å². The number of hydrogen-bond acceptors (Lipinski definition) is 7. The number of amides is 1. The molecule has 0 spiro atoms. The number of carbonyl (C=O) groups excluding carboxylic acids is 1. The van der Waals surface area contributed by atoms with Crippen molar-refractivity contribution >= 4 is 5.91 Å².